The molecule has 3 nitrogen and oxygen atoms in total. The molecule has 0 bridgehead atoms. The van der Waals surface area contributed by atoms with E-state index in [2.05, 4.69) is 25.2 Å². The van der Waals surface area contributed by atoms with E-state index in [9.17, 15) is 0 Å². The maximum absolute atomic E-state index is 5.85. The summed E-state index contributed by atoms with van der Waals surface area (Å²) in [5.74, 6) is 2.50. The molecule has 2 heterocycles. The highest BCUT2D eigenvalue weighted by Gasteiger charge is 2.27. The summed E-state index contributed by atoms with van der Waals surface area (Å²) in [5, 5.41) is 3.43. The minimum absolute atomic E-state index is 0.574. The molecule has 92 valence electrons. The molecule has 1 fully saturated rings. The van der Waals surface area contributed by atoms with Crippen LogP contribution in [0.4, 0.5) is 0 Å². The maximum Gasteiger partial charge on any atom is 0.165 e. The Morgan fingerprint density at radius 3 is 2.82 bits per heavy atom. The lowest BCUT2D eigenvalue weighted by Crippen LogP contribution is -2.19. The molecule has 2 aliphatic rings. The summed E-state index contributed by atoms with van der Waals surface area (Å²) in [7, 11) is 0. The number of ether oxygens (including phenoxy) is 2. The summed E-state index contributed by atoms with van der Waals surface area (Å²) in [6.45, 7) is 7.84. The SMILES string of the molecule is Cc1cc2c(c(C3CCNC3)c1C)OCCO2. The van der Waals surface area contributed by atoms with E-state index in [1.807, 2.05) is 0 Å². The van der Waals surface area contributed by atoms with Gasteiger partial charge in [-0.05, 0) is 44.0 Å². The topological polar surface area (TPSA) is 30.5 Å². The van der Waals surface area contributed by atoms with Gasteiger partial charge in [0.05, 0.1) is 0 Å². The number of fused-ring (bicyclic) bond motifs is 1. The van der Waals surface area contributed by atoms with Gasteiger partial charge >= 0.3 is 0 Å². The number of nitrogens with one attached hydrogen (secondary N) is 1. The van der Waals surface area contributed by atoms with E-state index in [4.69, 9.17) is 9.47 Å². The van der Waals surface area contributed by atoms with Gasteiger partial charge in [-0.2, -0.15) is 0 Å². The van der Waals surface area contributed by atoms with Gasteiger partial charge in [-0.15, -0.1) is 0 Å². The standard InChI is InChI=1S/C14H19NO2/c1-9-7-12-14(17-6-5-16-12)13(10(9)2)11-3-4-15-8-11/h7,11,15H,3-6,8H2,1-2H3. The van der Waals surface area contributed by atoms with E-state index < -0.39 is 0 Å². The van der Waals surface area contributed by atoms with Gasteiger partial charge in [0.15, 0.2) is 11.5 Å². The molecule has 1 atom stereocenters. The van der Waals surface area contributed by atoms with Crippen LogP contribution in [0.15, 0.2) is 6.07 Å². The van der Waals surface area contributed by atoms with Crippen LogP contribution >= 0.6 is 0 Å². The molecule has 0 amide bonds. The lowest BCUT2D eigenvalue weighted by atomic mass is 9.90. The monoisotopic (exact) mass is 233 g/mol. The summed E-state index contributed by atoms with van der Waals surface area (Å²) in [4.78, 5) is 0. The lowest BCUT2D eigenvalue weighted by Gasteiger charge is -2.26. The second-order valence-corrected chi connectivity index (χ2v) is 4.95. The molecule has 1 N–H and O–H groups in total. The van der Waals surface area contributed by atoms with Crippen molar-refractivity contribution in [2.75, 3.05) is 26.3 Å². The first-order valence-electron chi connectivity index (χ1n) is 6.38. The zero-order valence-corrected chi connectivity index (χ0v) is 10.5. The Kier molecular flexibility index (Phi) is 2.71. The smallest absolute Gasteiger partial charge is 0.165 e. The molecule has 17 heavy (non-hydrogen) atoms. The fourth-order valence-electron chi connectivity index (χ4n) is 2.83. The Morgan fingerprint density at radius 2 is 2.06 bits per heavy atom. The van der Waals surface area contributed by atoms with Crippen LogP contribution in [0, 0.1) is 13.8 Å². The van der Waals surface area contributed by atoms with E-state index in [1.54, 1.807) is 0 Å². The maximum atomic E-state index is 5.85. The largest absolute Gasteiger partial charge is 0.486 e. The van der Waals surface area contributed by atoms with Gasteiger partial charge in [-0.25, -0.2) is 0 Å². The Balaban J connectivity index is 2.12. The van der Waals surface area contributed by atoms with Crippen molar-refractivity contribution in [3.8, 4) is 11.5 Å². The Hall–Kier alpha value is -1.22. The number of aryl methyl sites for hydroxylation is 1. The molecule has 0 radical (unpaired) electrons. The Bertz CT molecular complexity index is 436. The molecular weight excluding hydrogens is 214 g/mol. The summed E-state index contributed by atoms with van der Waals surface area (Å²) < 4.78 is 11.6. The second kappa shape index (κ2) is 4.22. The summed E-state index contributed by atoms with van der Waals surface area (Å²) in [6, 6.07) is 2.11. The van der Waals surface area contributed by atoms with Gasteiger partial charge in [0.2, 0.25) is 0 Å². The highest BCUT2D eigenvalue weighted by molar-refractivity contribution is 5.56. The molecule has 0 saturated carbocycles. The second-order valence-electron chi connectivity index (χ2n) is 4.95. The summed E-state index contributed by atoms with van der Waals surface area (Å²) >= 11 is 0. The first-order chi connectivity index (χ1) is 8.27. The van der Waals surface area contributed by atoms with Crippen molar-refractivity contribution in [2.45, 2.75) is 26.2 Å². The summed E-state index contributed by atoms with van der Waals surface area (Å²) in [6.07, 6.45) is 1.19. The summed E-state index contributed by atoms with van der Waals surface area (Å²) in [5.41, 5.74) is 4.03. The van der Waals surface area contributed by atoms with Crippen LogP contribution < -0.4 is 14.8 Å². The minimum atomic E-state index is 0.574. The highest BCUT2D eigenvalue weighted by atomic mass is 16.6. The molecule has 0 aromatic heterocycles. The first kappa shape index (κ1) is 10.9. The zero-order chi connectivity index (χ0) is 11.8. The number of rotatable bonds is 1. The lowest BCUT2D eigenvalue weighted by molar-refractivity contribution is 0.169. The predicted octanol–water partition coefficient (Wildman–Crippen LogP) is 2.15. The number of benzene rings is 1. The molecule has 2 aliphatic heterocycles. The molecule has 3 rings (SSSR count). The van der Waals surface area contributed by atoms with E-state index in [-0.39, 0.29) is 0 Å². The van der Waals surface area contributed by atoms with Crippen molar-refractivity contribution in [3.63, 3.8) is 0 Å². The zero-order valence-electron chi connectivity index (χ0n) is 10.5. The third-order valence-electron chi connectivity index (χ3n) is 3.87. The van der Waals surface area contributed by atoms with Crippen molar-refractivity contribution >= 4 is 0 Å². The van der Waals surface area contributed by atoms with Crippen molar-refractivity contribution < 1.29 is 9.47 Å². The first-order valence-corrected chi connectivity index (χ1v) is 6.38. The third-order valence-corrected chi connectivity index (χ3v) is 3.87. The van der Waals surface area contributed by atoms with Crippen molar-refractivity contribution in [1.29, 1.82) is 0 Å². The molecule has 1 aromatic carbocycles. The molecule has 1 unspecified atom stereocenters. The van der Waals surface area contributed by atoms with Gasteiger partial charge in [-0.3, -0.25) is 0 Å². The third kappa shape index (κ3) is 1.78. The fourth-order valence-corrected chi connectivity index (χ4v) is 2.83. The van der Waals surface area contributed by atoms with Gasteiger partial charge in [0.1, 0.15) is 13.2 Å². The normalized spacial score (nSPS) is 22.8. The van der Waals surface area contributed by atoms with Gasteiger partial charge < -0.3 is 14.8 Å². The van der Waals surface area contributed by atoms with Crippen LogP contribution in [0.1, 0.15) is 29.0 Å². The average Bonchev–Trinajstić information content (AvgIpc) is 2.84. The van der Waals surface area contributed by atoms with Gasteiger partial charge in [0, 0.05) is 18.0 Å². The van der Waals surface area contributed by atoms with Gasteiger partial charge in [-0.1, -0.05) is 0 Å². The molecular formula is C14H19NO2. The van der Waals surface area contributed by atoms with Crippen LogP contribution in [-0.2, 0) is 0 Å². The van der Waals surface area contributed by atoms with Crippen molar-refractivity contribution in [1.82, 2.24) is 5.32 Å². The van der Waals surface area contributed by atoms with Crippen LogP contribution in [0.2, 0.25) is 0 Å². The molecule has 0 aliphatic carbocycles. The number of hydrogen-bond acceptors (Lipinski definition) is 3. The van der Waals surface area contributed by atoms with E-state index >= 15 is 0 Å². The quantitative estimate of drug-likeness (QED) is 0.806. The van der Waals surface area contributed by atoms with Crippen LogP contribution in [0.3, 0.4) is 0 Å². The predicted molar refractivity (Wildman–Crippen MR) is 67.1 cm³/mol. The van der Waals surface area contributed by atoms with Crippen LogP contribution in [-0.4, -0.2) is 26.3 Å². The van der Waals surface area contributed by atoms with Crippen LogP contribution in [0.5, 0.6) is 11.5 Å². The fraction of sp³-hybridized carbons (Fsp3) is 0.571. The molecule has 1 aromatic rings. The van der Waals surface area contributed by atoms with E-state index in [0.29, 0.717) is 19.1 Å². The van der Waals surface area contributed by atoms with Gasteiger partial charge in [0.25, 0.3) is 0 Å². The van der Waals surface area contributed by atoms with E-state index in [1.165, 1.54) is 23.1 Å². The number of hydrogen-bond donors (Lipinski definition) is 1. The Labute approximate surface area is 102 Å². The Morgan fingerprint density at radius 1 is 1.24 bits per heavy atom. The van der Waals surface area contributed by atoms with Crippen LogP contribution in [0.25, 0.3) is 0 Å². The highest BCUT2D eigenvalue weighted by Crippen LogP contribution is 2.43. The minimum Gasteiger partial charge on any atom is -0.486 e. The molecule has 0 spiro atoms. The average molecular weight is 233 g/mol. The molecule has 1 saturated heterocycles. The van der Waals surface area contributed by atoms with Crippen molar-refractivity contribution in [2.24, 2.45) is 0 Å². The van der Waals surface area contributed by atoms with E-state index in [0.717, 1.165) is 24.6 Å². The molecule has 3 heteroatoms. The van der Waals surface area contributed by atoms with Crippen molar-refractivity contribution in [3.05, 3.63) is 22.8 Å².